The van der Waals surface area contributed by atoms with Gasteiger partial charge in [-0.25, -0.2) is 0 Å². The van der Waals surface area contributed by atoms with Crippen molar-refractivity contribution in [3.8, 4) is 0 Å². The monoisotopic (exact) mass is 227 g/mol. The minimum absolute atomic E-state index is 0. The molecule has 0 radical (unpaired) electrons. The summed E-state index contributed by atoms with van der Waals surface area (Å²) in [7, 11) is 0. The lowest BCUT2D eigenvalue weighted by molar-refractivity contribution is 0.186. The Hall–Kier alpha value is -0.570. The van der Waals surface area contributed by atoms with Crippen LogP contribution in [0.4, 0.5) is 0 Å². The van der Waals surface area contributed by atoms with Crippen molar-refractivity contribution in [2.24, 2.45) is 0 Å². The molecule has 2 N–H and O–H groups in total. The molecule has 1 fully saturated rings. The number of aliphatic hydroxyl groups excluding tert-OH is 1. The first kappa shape index (κ1) is 12.5. The highest BCUT2D eigenvalue weighted by atomic mass is 35.5. The SMILES string of the molecule is Cc1cccc(C2(C)CC(O)CN2)c1.Cl. The minimum Gasteiger partial charge on any atom is -0.392 e. The van der Waals surface area contributed by atoms with Gasteiger partial charge in [-0.05, 0) is 25.8 Å². The van der Waals surface area contributed by atoms with Gasteiger partial charge in [-0.3, -0.25) is 0 Å². The molecule has 1 aliphatic heterocycles. The van der Waals surface area contributed by atoms with Crippen molar-refractivity contribution in [1.82, 2.24) is 5.32 Å². The molecule has 0 aliphatic carbocycles. The first-order valence-electron chi connectivity index (χ1n) is 5.10. The summed E-state index contributed by atoms with van der Waals surface area (Å²) in [5, 5.41) is 12.9. The van der Waals surface area contributed by atoms with Crippen LogP contribution in [0.2, 0.25) is 0 Å². The van der Waals surface area contributed by atoms with Crippen LogP contribution in [0.1, 0.15) is 24.5 Å². The molecule has 1 aliphatic rings. The molecule has 0 aromatic heterocycles. The fraction of sp³-hybridized carbons (Fsp3) is 0.500. The zero-order valence-electron chi connectivity index (χ0n) is 9.16. The van der Waals surface area contributed by atoms with Crippen molar-refractivity contribution in [3.63, 3.8) is 0 Å². The van der Waals surface area contributed by atoms with Crippen LogP contribution in [0, 0.1) is 6.92 Å². The van der Waals surface area contributed by atoms with Gasteiger partial charge in [-0.15, -0.1) is 12.4 Å². The van der Waals surface area contributed by atoms with Crippen LogP contribution in [0.25, 0.3) is 0 Å². The first-order valence-corrected chi connectivity index (χ1v) is 5.10. The molecular formula is C12H18ClNO. The fourth-order valence-electron chi connectivity index (χ4n) is 2.17. The normalized spacial score (nSPS) is 29.9. The smallest absolute Gasteiger partial charge is 0.0685 e. The summed E-state index contributed by atoms with van der Waals surface area (Å²) >= 11 is 0. The molecule has 2 unspecified atom stereocenters. The Morgan fingerprint density at radius 1 is 1.47 bits per heavy atom. The van der Waals surface area contributed by atoms with Gasteiger partial charge in [-0.2, -0.15) is 0 Å². The molecular weight excluding hydrogens is 210 g/mol. The van der Waals surface area contributed by atoms with Gasteiger partial charge in [0, 0.05) is 12.1 Å². The van der Waals surface area contributed by atoms with Gasteiger partial charge in [0.1, 0.15) is 0 Å². The molecule has 1 saturated heterocycles. The zero-order chi connectivity index (χ0) is 10.2. The lowest BCUT2D eigenvalue weighted by atomic mass is 9.89. The highest BCUT2D eigenvalue weighted by Gasteiger charge is 2.34. The maximum Gasteiger partial charge on any atom is 0.0685 e. The van der Waals surface area contributed by atoms with E-state index in [0.717, 1.165) is 6.42 Å². The number of β-amino-alcohol motifs (C(OH)–C–C–N with tert-alkyl or cyclic N) is 1. The van der Waals surface area contributed by atoms with E-state index in [0.29, 0.717) is 6.54 Å². The number of aryl methyl sites for hydroxylation is 1. The van der Waals surface area contributed by atoms with Gasteiger partial charge in [0.15, 0.2) is 0 Å². The highest BCUT2D eigenvalue weighted by molar-refractivity contribution is 5.85. The van der Waals surface area contributed by atoms with E-state index in [9.17, 15) is 5.11 Å². The molecule has 2 nitrogen and oxygen atoms in total. The lowest BCUT2D eigenvalue weighted by Crippen LogP contribution is -2.33. The number of aliphatic hydroxyl groups is 1. The molecule has 2 atom stereocenters. The van der Waals surface area contributed by atoms with E-state index in [2.05, 4.69) is 43.4 Å². The Bertz CT molecular complexity index is 342. The lowest BCUT2D eigenvalue weighted by Gasteiger charge is -2.25. The zero-order valence-corrected chi connectivity index (χ0v) is 9.97. The molecule has 0 saturated carbocycles. The number of rotatable bonds is 1. The molecule has 1 heterocycles. The van der Waals surface area contributed by atoms with Crippen molar-refractivity contribution in [3.05, 3.63) is 35.4 Å². The molecule has 0 bridgehead atoms. The number of hydrogen-bond donors (Lipinski definition) is 2. The largest absolute Gasteiger partial charge is 0.392 e. The van der Waals surface area contributed by atoms with Crippen LogP contribution in [0.3, 0.4) is 0 Å². The Morgan fingerprint density at radius 2 is 2.20 bits per heavy atom. The quantitative estimate of drug-likeness (QED) is 0.769. The average molecular weight is 228 g/mol. The number of benzene rings is 1. The van der Waals surface area contributed by atoms with Crippen LogP contribution in [-0.4, -0.2) is 17.8 Å². The van der Waals surface area contributed by atoms with Crippen molar-refractivity contribution < 1.29 is 5.11 Å². The molecule has 84 valence electrons. The topological polar surface area (TPSA) is 32.3 Å². The molecule has 3 heteroatoms. The van der Waals surface area contributed by atoms with Crippen LogP contribution >= 0.6 is 12.4 Å². The summed E-state index contributed by atoms with van der Waals surface area (Å²) in [6.45, 7) is 4.95. The third-order valence-corrected chi connectivity index (χ3v) is 3.03. The van der Waals surface area contributed by atoms with Crippen molar-refractivity contribution in [2.45, 2.75) is 31.9 Å². The van der Waals surface area contributed by atoms with Gasteiger partial charge < -0.3 is 10.4 Å². The molecule has 0 amide bonds. The second-order valence-corrected chi connectivity index (χ2v) is 4.44. The third kappa shape index (κ3) is 2.51. The van der Waals surface area contributed by atoms with E-state index in [4.69, 9.17) is 0 Å². The molecule has 2 rings (SSSR count). The average Bonchev–Trinajstić information content (AvgIpc) is 2.48. The summed E-state index contributed by atoms with van der Waals surface area (Å²) in [5.74, 6) is 0. The van der Waals surface area contributed by atoms with Crippen LogP contribution < -0.4 is 5.32 Å². The predicted molar refractivity (Wildman–Crippen MR) is 64.4 cm³/mol. The molecule has 15 heavy (non-hydrogen) atoms. The van der Waals surface area contributed by atoms with Gasteiger partial charge in [0.05, 0.1) is 6.10 Å². The molecule has 0 spiro atoms. The Morgan fingerprint density at radius 3 is 2.73 bits per heavy atom. The van der Waals surface area contributed by atoms with E-state index in [1.165, 1.54) is 11.1 Å². The van der Waals surface area contributed by atoms with E-state index < -0.39 is 0 Å². The van der Waals surface area contributed by atoms with Crippen LogP contribution in [-0.2, 0) is 5.54 Å². The third-order valence-electron chi connectivity index (χ3n) is 3.03. The maximum atomic E-state index is 9.53. The predicted octanol–water partition coefficient (Wildman–Crippen LogP) is 1.99. The van der Waals surface area contributed by atoms with E-state index >= 15 is 0 Å². The highest BCUT2D eigenvalue weighted by Crippen LogP contribution is 2.30. The Kier molecular flexibility index (Phi) is 3.77. The molecule has 1 aromatic rings. The first-order chi connectivity index (χ1) is 6.60. The summed E-state index contributed by atoms with van der Waals surface area (Å²) in [4.78, 5) is 0. The van der Waals surface area contributed by atoms with E-state index in [1.54, 1.807) is 0 Å². The number of nitrogens with one attached hydrogen (secondary N) is 1. The van der Waals surface area contributed by atoms with Gasteiger partial charge in [-0.1, -0.05) is 29.8 Å². The standard InChI is InChI=1S/C12H17NO.ClH/c1-9-4-3-5-10(6-9)12(2)7-11(14)8-13-12;/h3-6,11,13-14H,7-8H2,1-2H3;1H. The van der Waals surface area contributed by atoms with Gasteiger partial charge in [0.2, 0.25) is 0 Å². The van der Waals surface area contributed by atoms with Crippen LogP contribution in [0.5, 0.6) is 0 Å². The van der Waals surface area contributed by atoms with E-state index in [-0.39, 0.29) is 24.0 Å². The van der Waals surface area contributed by atoms with Gasteiger partial charge in [0.25, 0.3) is 0 Å². The maximum absolute atomic E-state index is 9.53. The second kappa shape index (κ2) is 4.52. The van der Waals surface area contributed by atoms with Gasteiger partial charge >= 0.3 is 0 Å². The molecule has 1 aromatic carbocycles. The fourth-order valence-corrected chi connectivity index (χ4v) is 2.17. The van der Waals surface area contributed by atoms with Crippen molar-refractivity contribution in [2.75, 3.05) is 6.54 Å². The van der Waals surface area contributed by atoms with E-state index in [1.807, 2.05) is 0 Å². The van der Waals surface area contributed by atoms with Crippen molar-refractivity contribution in [1.29, 1.82) is 0 Å². The van der Waals surface area contributed by atoms with Crippen molar-refractivity contribution >= 4 is 12.4 Å². The second-order valence-electron chi connectivity index (χ2n) is 4.44. The summed E-state index contributed by atoms with van der Waals surface area (Å²) < 4.78 is 0. The summed E-state index contributed by atoms with van der Waals surface area (Å²) in [6.07, 6.45) is 0.594. The Labute approximate surface area is 97.1 Å². The Balaban J connectivity index is 0.00000112. The van der Waals surface area contributed by atoms with Crippen LogP contribution in [0.15, 0.2) is 24.3 Å². The number of halogens is 1. The minimum atomic E-state index is -0.208. The summed E-state index contributed by atoms with van der Waals surface area (Å²) in [5.41, 5.74) is 2.49. The number of hydrogen-bond acceptors (Lipinski definition) is 2. The summed E-state index contributed by atoms with van der Waals surface area (Å²) in [6, 6.07) is 8.48.